The summed E-state index contributed by atoms with van der Waals surface area (Å²) in [6.07, 6.45) is 0. The molecule has 0 unspecified atom stereocenters. The highest BCUT2D eigenvalue weighted by Gasteiger charge is 2.17. The monoisotopic (exact) mass is 417 g/mol. The van der Waals surface area contributed by atoms with E-state index in [0.717, 1.165) is 35.0 Å². The maximum absolute atomic E-state index is 12.9. The number of carbonyl (C=O) groups is 1. The molecule has 4 rings (SSSR count). The Kier molecular flexibility index (Phi) is 6.09. The van der Waals surface area contributed by atoms with Gasteiger partial charge in [0.2, 0.25) is 0 Å². The first-order valence-corrected chi connectivity index (χ1v) is 10.9. The number of rotatable bonds is 8. The predicted octanol–water partition coefficient (Wildman–Crippen LogP) is 4.25. The van der Waals surface area contributed by atoms with Gasteiger partial charge in [-0.3, -0.25) is 4.79 Å². The number of tetrazole rings is 1. The normalized spacial score (nSPS) is 11.0. The summed E-state index contributed by atoms with van der Waals surface area (Å²) in [4.78, 5) is 12.9. The minimum atomic E-state index is 0.131. The van der Waals surface area contributed by atoms with Gasteiger partial charge in [0.25, 0.3) is 0 Å². The number of carbonyl (C=O) groups excluding carboxylic acids is 1. The van der Waals surface area contributed by atoms with Gasteiger partial charge in [-0.15, -0.1) is 16.9 Å². The Bertz CT molecular complexity index is 1140. The average molecular weight is 418 g/mol. The molecule has 6 nitrogen and oxygen atoms in total. The van der Waals surface area contributed by atoms with Crippen molar-refractivity contribution < 1.29 is 4.79 Å². The van der Waals surface area contributed by atoms with Gasteiger partial charge in [-0.1, -0.05) is 48.5 Å². The molecular formula is C23H23N5OS. The maximum Gasteiger partial charge on any atom is 0.174 e. The summed E-state index contributed by atoms with van der Waals surface area (Å²) in [5.74, 6) is 1.81. The van der Waals surface area contributed by atoms with Gasteiger partial charge in [-0.25, -0.2) is 0 Å². The quantitative estimate of drug-likeness (QED) is 0.401. The lowest BCUT2D eigenvalue weighted by Crippen LogP contribution is -2.08. The second-order valence-corrected chi connectivity index (χ2v) is 8.10. The molecule has 0 aliphatic heterocycles. The van der Waals surface area contributed by atoms with E-state index in [4.69, 9.17) is 0 Å². The summed E-state index contributed by atoms with van der Waals surface area (Å²) in [7, 11) is 0. The molecule has 0 N–H and O–H groups in total. The molecule has 0 bridgehead atoms. The molecule has 4 aromatic rings. The first-order valence-electron chi connectivity index (χ1n) is 9.78. The number of benzene rings is 2. The second kappa shape index (κ2) is 9.09. The van der Waals surface area contributed by atoms with Gasteiger partial charge in [0.05, 0.1) is 17.2 Å². The zero-order chi connectivity index (χ0) is 20.9. The van der Waals surface area contributed by atoms with Crippen LogP contribution in [0.5, 0.6) is 0 Å². The molecule has 152 valence electrons. The van der Waals surface area contributed by atoms with Crippen molar-refractivity contribution in [1.82, 2.24) is 24.8 Å². The maximum atomic E-state index is 12.9. The lowest BCUT2D eigenvalue weighted by atomic mass is 10.2. The van der Waals surface area contributed by atoms with Crippen LogP contribution in [-0.4, -0.2) is 36.3 Å². The van der Waals surface area contributed by atoms with Crippen LogP contribution in [0.25, 0.3) is 5.69 Å². The van der Waals surface area contributed by atoms with Gasteiger partial charge in [-0.2, -0.15) is 4.68 Å². The van der Waals surface area contributed by atoms with Crippen LogP contribution in [0, 0.1) is 13.8 Å². The molecule has 0 aliphatic rings. The second-order valence-electron chi connectivity index (χ2n) is 7.11. The van der Waals surface area contributed by atoms with E-state index in [2.05, 4.69) is 32.2 Å². The third-order valence-electron chi connectivity index (χ3n) is 5.06. The topological polar surface area (TPSA) is 65.6 Å². The standard InChI is InChI=1S/C23H23N5OS/c1-17-13-21(18(2)27(17)14-19-9-5-3-6-10-19)22(29)15-30-16-23-24-25-26-28(23)20-11-7-4-8-12-20/h3-13H,14-16H2,1-2H3. The average Bonchev–Trinajstić information content (AvgIpc) is 3.35. The van der Waals surface area contributed by atoms with Crippen molar-refractivity contribution in [2.24, 2.45) is 0 Å². The number of hydrogen-bond donors (Lipinski definition) is 0. The Hall–Kier alpha value is -3.19. The summed E-state index contributed by atoms with van der Waals surface area (Å²) in [5, 5.41) is 12.0. The molecule has 0 spiro atoms. The Balaban J connectivity index is 1.41. The fourth-order valence-corrected chi connectivity index (χ4v) is 4.28. The Morgan fingerprint density at radius 3 is 2.43 bits per heavy atom. The van der Waals surface area contributed by atoms with E-state index in [1.54, 1.807) is 4.68 Å². The molecule has 0 radical (unpaired) electrons. The highest BCUT2D eigenvalue weighted by atomic mass is 32.2. The van der Waals surface area contributed by atoms with Crippen LogP contribution in [0.3, 0.4) is 0 Å². The molecule has 2 heterocycles. The molecule has 0 fully saturated rings. The van der Waals surface area contributed by atoms with Gasteiger partial charge in [-0.05, 0) is 48.0 Å². The predicted molar refractivity (Wildman–Crippen MR) is 119 cm³/mol. The number of ketones is 1. The minimum absolute atomic E-state index is 0.131. The van der Waals surface area contributed by atoms with Crippen LogP contribution >= 0.6 is 11.8 Å². The molecule has 0 amide bonds. The van der Waals surface area contributed by atoms with Gasteiger partial charge in [0.1, 0.15) is 0 Å². The molecular weight excluding hydrogens is 394 g/mol. The lowest BCUT2D eigenvalue weighted by molar-refractivity contribution is 0.102. The zero-order valence-corrected chi connectivity index (χ0v) is 17.8. The Morgan fingerprint density at radius 2 is 1.70 bits per heavy atom. The summed E-state index contributed by atoms with van der Waals surface area (Å²) in [6.45, 7) is 4.84. The smallest absolute Gasteiger partial charge is 0.174 e. The van der Waals surface area contributed by atoms with Crippen molar-refractivity contribution in [3.63, 3.8) is 0 Å². The Labute approximate surface area is 179 Å². The number of aromatic nitrogens is 5. The molecule has 0 atom stereocenters. The molecule has 7 heteroatoms. The van der Waals surface area contributed by atoms with Crippen LogP contribution in [0.4, 0.5) is 0 Å². The fraction of sp³-hybridized carbons (Fsp3) is 0.217. The van der Waals surface area contributed by atoms with Gasteiger partial charge >= 0.3 is 0 Å². The van der Waals surface area contributed by atoms with Crippen LogP contribution in [0.15, 0.2) is 66.7 Å². The molecule has 0 aliphatic carbocycles. The molecule has 2 aromatic heterocycles. The summed E-state index contributed by atoms with van der Waals surface area (Å²) in [6, 6.07) is 22.0. The van der Waals surface area contributed by atoms with Crippen molar-refractivity contribution in [2.75, 3.05) is 5.75 Å². The highest BCUT2D eigenvalue weighted by molar-refractivity contribution is 7.99. The van der Waals surface area contributed by atoms with E-state index in [1.807, 2.05) is 68.4 Å². The van der Waals surface area contributed by atoms with Crippen LogP contribution in [-0.2, 0) is 12.3 Å². The first kappa shape index (κ1) is 20.1. The van der Waals surface area contributed by atoms with Crippen LogP contribution in [0.2, 0.25) is 0 Å². The third kappa shape index (κ3) is 4.36. The summed E-state index contributed by atoms with van der Waals surface area (Å²) in [5.41, 5.74) is 5.03. The Morgan fingerprint density at radius 1 is 1.00 bits per heavy atom. The lowest BCUT2D eigenvalue weighted by Gasteiger charge is -2.10. The van der Waals surface area contributed by atoms with E-state index in [1.165, 1.54) is 17.3 Å². The van der Waals surface area contributed by atoms with Crippen molar-refractivity contribution in [3.05, 3.63) is 95.1 Å². The third-order valence-corrected chi connectivity index (χ3v) is 5.99. The summed E-state index contributed by atoms with van der Waals surface area (Å²) < 4.78 is 3.91. The SMILES string of the molecule is Cc1cc(C(=O)CSCc2nnnn2-c2ccccc2)c(C)n1Cc1ccccc1. The minimum Gasteiger partial charge on any atom is -0.344 e. The van der Waals surface area contributed by atoms with Crippen molar-refractivity contribution >= 4 is 17.5 Å². The van der Waals surface area contributed by atoms with Gasteiger partial charge in [0, 0.05) is 23.5 Å². The number of aryl methyl sites for hydroxylation is 1. The number of Topliss-reactive ketones (excluding diaryl/α,β-unsaturated/α-hetero) is 1. The van der Waals surface area contributed by atoms with Gasteiger partial charge in [0.15, 0.2) is 11.6 Å². The van der Waals surface area contributed by atoms with Gasteiger partial charge < -0.3 is 4.57 Å². The molecule has 2 aromatic carbocycles. The van der Waals surface area contributed by atoms with E-state index in [9.17, 15) is 4.79 Å². The summed E-state index contributed by atoms with van der Waals surface area (Å²) >= 11 is 1.53. The number of nitrogens with zero attached hydrogens (tertiary/aromatic N) is 5. The zero-order valence-electron chi connectivity index (χ0n) is 17.0. The number of para-hydroxylation sites is 1. The van der Waals surface area contributed by atoms with Crippen molar-refractivity contribution in [1.29, 1.82) is 0 Å². The van der Waals surface area contributed by atoms with Crippen molar-refractivity contribution in [3.8, 4) is 5.69 Å². The fourth-order valence-electron chi connectivity index (χ4n) is 3.47. The van der Waals surface area contributed by atoms with E-state index >= 15 is 0 Å². The first-order chi connectivity index (χ1) is 14.6. The van der Waals surface area contributed by atoms with Crippen LogP contribution in [0.1, 0.15) is 33.1 Å². The number of thioether (sulfide) groups is 1. The van der Waals surface area contributed by atoms with Crippen molar-refractivity contribution in [2.45, 2.75) is 26.1 Å². The van der Waals surface area contributed by atoms with E-state index in [-0.39, 0.29) is 5.78 Å². The van der Waals surface area contributed by atoms with E-state index in [0.29, 0.717) is 11.5 Å². The highest BCUT2D eigenvalue weighted by Crippen LogP contribution is 2.21. The largest absolute Gasteiger partial charge is 0.344 e. The van der Waals surface area contributed by atoms with E-state index < -0.39 is 0 Å². The molecule has 0 saturated carbocycles. The molecule has 30 heavy (non-hydrogen) atoms. The number of hydrogen-bond acceptors (Lipinski definition) is 5. The molecule has 0 saturated heterocycles. The van der Waals surface area contributed by atoms with Crippen LogP contribution < -0.4 is 0 Å².